The lowest BCUT2D eigenvalue weighted by atomic mass is 10.2. The van der Waals surface area contributed by atoms with Crippen LogP contribution >= 0.6 is 11.3 Å². The van der Waals surface area contributed by atoms with Gasteiger partial charge in [0.15, 0.2) is 17.5 Å². The molecule has 1 aromatic carbocycles. The van der Waals surface area contributed by atoms with Crippen molar-refractivity contribution in [2.45, 2.75) is 6.54 Å². The van der Waals surface area contributed by atoms with Crippen LogP contribution in [-0.4, -0.2) is 15.9 Å². The topological polar surface area (TPSA) is 54.9 Å². The zero-order valence-corrected chi connectivity index (χ0v) is 12.9. The van der Waals surface area contributed by atoms with E-state index in [4.69, 9.17) is 0 Å². The number of aromatic nitrogens is 2. The largest absolute Gasteiger partial charge is 0.345 e. The first-order valence-corrected chi connectivity index (χ1v) is 7.70. The molecule has 2 aromatic heterocycles. The quantitative estimate of drug-likeness (QED) is 0.733. The van der Waals surface area contributed by atoms with Gasteiger partial charge in [-0.25, -0.2) is 18.2 Å². The molecule has 0 aliphatic heterocycles. The van der Waals surface area contributed by atoms with Crippen LogP contribution in [0.2, 0.25) is 0 Å². The molecule has 0 bridgehead atoms. The minimum atomic E-state index is -1.67. The van der Waals surface area contributed by atoms with Gasteiger partial charge in [0.2, 0.25) is 0 Å². The van der Waals surface area contributed by atoms with Gasteiger partial charge >= 0.3 is 0 Å². The van der Waals surface area contributed by atoms with Crippen LogP contribution < -0.4 is 5.32 Å². The number of amides is 1. The first-order valence-electron chi connectivity index (χ1n) is 6.82. The van der Waals surface area contributed by atoms with E-state index in [1.165, 1.54) is 11.3 Å². The van der Waals surface area contributed by atoms with Gasteiger partial charge in [0, 0.05) is 23.3 Å². The average Bonchev–Trinajstić information content (AvgIpc) is 3.07. The van der Waals surface area contributed by atoms with Gasteiger partial charge in [-0.15, -0.1) is 11.3 Å². The molecule has 2 heterocycles. The SMILES string of the molecule is O=C(NCc1nc(-c2cccnc2)cs1)c1ccc(F)c(F)c1F. The zero-order chi connectivity index (χ0) is 17.1. The lowest BCUT2D eigenvalue weighted by Crippen LogP contribution is -2.24. The highest BCUT2D eigenvalue weighted by atomic mass is 32.1. The maximum Gasteiger partial charge on any atom is 0.254 e. The average molecular weight is 349 g/mol. The summed E-state index contributed by atoms with van der Waals surface area (Å²) in [7, 11) is 0. The number of hydrogen-bond donors (Lipinski definition) is 1. The number of thiazole rings is 1. The van der Waals surface area contributed by atoms with Crippen LogP contribution in [0.1, 0.15) is 15.4 Å². The van der Waals surface area contributed by atoms with Crippen LogP contribution in [0.4, 0.5) is 13.2 Å². The highest BCUT2D eigenvalue weighted by molar-refractivity contribution is 7.09. The third kappa shape index (κ3) is 3.28. The minimum absolute atomic E-state index is 0.0438. The third-order valence-electron chi connectivity index (χ3n) is 3.19. The fraction of sp³-hybridized carbons (Fsp3) is 0.0625. The third-order valence-corrected chi connectivity index (χ3v) is 4.04. The lowest BCUT2D eigenvalue weighted by molar-refractivity contribution is 0.0945. The molecule has 0 atom stereocenters. The maximum absolute atomic E-state index is 13.6. The normalized spacial score (nSPS) is 10.6. The van der Waals surface area contributed by atoms with Crippen molar-refractivity contribution in [1.29, 1.82) is 0 Å². The Balaban J connectivity index is 1.69. The molecule has 0 saturated heterocycles. The van der Waals surface area contributed by atoms with E-state index in [-0.39, 0.29) is 6.54 Å². The summed E-state index contributed by atoms with van der Waals surface area (Å²) in [5.74, 6) is -5.37. The second kappa shape index (κ2) is 6.79. The van der Waals surface area contributed by atoms with Crippen molar-refractivity contribution in [1.82, 2.24) is 15.3 Å². The van der Waals surface area contributed by atoms with E-state index < -0.39 is 28.9 Å². The molecular formula is C16H10F3N3OS. The molecule has 4 nitrogen and oxygen atoms in total. The molecule has 0 spiro atoms. The molecule has 0 radical (unpaired) electrons. The highest BCUT2D eigenvalue weighted by Gasteiger charge is 2.18. The van der Waals surface area contributed by atoms with Crippen molar-refractivity contribution in [3.63, 3.8) is 0 Å². The number of pyridine rings is 1. The standard InChI is InChI=1S/C16H10F3N3OS/c17-11-4-3-10(14(18)15(11)19)16(23)21-7-13-22-12(8-24-13)9-2-1-5-20-6-9/h1-6,8H,7H2,(H,21,23). The summed E-state index contributed by atoms with van der Waals surface area (Å²) in [6.07, 6.45) is 3.31. The Morgan fingerprint density at radius 2 is 2.00 bits per heavy atom. The van der Waals surface area contributed by atoms with E-state index in [0.29, 0.717) is 16.8 Å². The molecule has 122 valence electrons. The van der Waals surface area contributed by atoms with Crippen molar-refractivity contribution >= 4 is 17.2 Å². The first-order chi connectivity index (χ1) is 11.6. The summed E-state index contributed by atoms with van der Waals surface area (Å²) in [6, 6.07) is 5.23. The van der Waals surface area contributed by atoms with Gasteiger partial charge in [-0.2, -0.15) is 0 Å². The lowest BCUT2D eigenvalue weighted by Gasteiger charge is -2.05. The summed E-state index contributed by atoms with van der Waals surface area (Å²) in [4.78, 5) is 20.2. The molecular weight excluding hydrogens is 339 g/mol. The van der Waals surface area contributed by atoms with Crippen LogP contribution in [0.3, 0.4) is 0 Å². The maximum atomic E-state index is 13.6. The molecule has 3 aromatic rings. The predicted molar refractivity (Wildman–Crippen MR) is 82.8 cm³/mol. The summed E-state index contributed by atoms with van der Waals surface area (Å²) in [5.41, 5.74) is 0.979. The zero-order valence-electron chi connectivity index (χ0n) is 12.1. The summed E-state index contributed by atoms with van der Waals surface area (Å²) in [5, 5.41) is 4.82. The summed E-state index contributed by atoms with van der Waals surface area (Å²) >= 11 is 1.31. The van der Waals surface area contributed by atoms with Crippen molar-refractivity contribution in [3.05, 3.63) is 70.1 Å². The molecule has 0 unspecified atom stereocenters. The Morgan fingerprint density at radius 3 is 2.75 bits per heavy atom. The Labute approximate surface area is 139 Å². The van der Waals surface area contributed by atoms with Crippen LogP contribution in [0, 0.1) is 17.5 Å². The van der Waals surface area contributed by atoms with Crippen molar-refractivity contribution in [2.24, 2.45) is 0 Å². The molecule has 1 amide bonds. The smallest absolute Gasteiger partial charge is 0.254 e. The van der Waals surface area contributed by atoms with Crippen LogP contribution in [0.25, 0.3) is 11.3 Å². The molecule has 0 fully saturated rings. The van der Waals surface area contributed by atoms with E-state index in [9.17, 15) is 18.0 Å². The Hall–Kier alpha value is -2.74. The number of carbonyl (C=O) groups is 1. The first kappa shape index (κ1) is 16.1. The van der Waals surface area contributed by atoms with Gasteiger partial charge in [0.05, 0.1) is 17.8 Å². The van der Waals surface area contributed by atoms with Crippen molar-refractivity contribution in [2.75, 3.05) is 0 Å². The number of hydrogen-bond acceptors (Lipinski definition) is 4. The van der Waals surface area contributed by atoms with E-state index in [1.54, 1.807) is 23.8 Å². The van der Waals surface area contributed by atoms with Gasteiger partial charge in [-0.3, -0.25) is 9.78 Å². The fourth-order valence-corrected chi connectivity index (χ4v) is 2.73. The van der Waals surface area contributed by atoms with Crippen LogP contribution in [0.5, 0.6) is 0 Å². The number of rotatable bonds is 4. The van der Waals surface area contributed by atoms with E-state index >= 15 is 0 Å². The Bertz CT molecular complexity index is 884. The molecule has 0 saturated carbocycles. The summed E-state index contributed by atoms with van der Waals surface area (Å²) < 4.78 is 39.6. The van der Waals surface area contributed by atoms with Crippen molar-refractivity contribution in [3.8, 4) is 11.3 Å². The number of nitrogens with zero attached hydrogens (tertiary/aromatic N) is 2. The predicted octanol–water partition coefficient (Wildman–Crippen LogP) is 3.55. The number of nitrogens with one attached hydrogen (secondary N) is 1. The molecule has 0 aliphatic carbocycles. The van der Waals surface area contributed by atoms with E-state index in [2.05, 4.69) is 15.3 Å². The molecule has 8 heteroatoms. The Kier molecular flexibility index (Phi) is 4.57. The van der Waals surface area contributed by atoms with Crippen LogP contribution in [-0.2, 0) is 6.54 Å². The van der Waals surface area contributed by atoms with E-state index in [0.717, 1.165) is 11.6 Å². The second-order valence-corrected chi connectivity index (χ2v) is 5.72. The monoisotopic (exact) mass is 349 g/mol. The van der Waals surface area contributed by atoms with Gasteiger partial charge in [0.25, 0.3) is 5.91 Å². The summed E-state index contributed by atoms with van der Waals surface area (Å²) in [6.45, 7) is 0.0438. The number of benzene rings is 1. The van der Waals surface area contributed by atoms with Gasteiger partial charge in [0.1, 0.15) is 5.01 Å². The minimum Gasteiger partial charge on any atom is -0.345 e. The van der Waals surface area contributed by atoms with Gasteiger partial charge < -0.3 is 5.32 Å². The van der Waals surface area contributed by atoms with E-state index in [1.807, 2.05) is 6.07 Å². The van der Waals surface area contributed by atoms with Crippen molar-refractivity contribution < 1.29 is 18.0 Å². The molecule has 0 aliphatic rings. The second-order valence-electron chi connectivity index (χ2n) is 4.77. The molecule has 3 rings (SSSR count). The highest BCUT2D eigenvalue weighted by Crippen LogP contribution is 2.21. The molecule has 1 N–H and O–H groups in total. The van der Waals surface area contributed by atoms with Gasteiger partial charge in [-0.1, -0.05) is 0 Å². The van der Waals surface area contributed by atoms with Crippen LogP contribution in [0.15, 0.2) is 42.0 Å². The number of carbonyl (C=O) groups excluding carboxylic acids is 1. The van der Waals surface area contributed by atoms with Gasteiger partial charge in [-0.05, 0) is 24.3 Å². The molecule has 24 heavy (non-hydrogen) atoms. The fourth-order valence-electron chi connectivity index (χ4n) is 1.99. The number of halogens is 3. The Morgan fingerprint density at radius 1 is 1.17 bits per heavy atom.